The fourth-order valence-electron chi connectivity index (χ4n) is 0.760. The molecule has 4 heteroatoms. The third-order valence-electron chi connectivity index (χ3n) is 1.33. The molecule has 0 spiro atoms. The smallest absolute Gasteiger partial charge is 0.249 e. The second-order valence-electron chi connectivity index (χ2n) is 2.11. The molecule has 0 saturated carbocycles. The van der Waals surface area contributed by atoms with Crippen LogP contribution in [-0.4, -0.2) is 5.91 Å². The maximum Gasteiger partial charge on any atom is 0.249 e. The van der Waals surface area contributed by atoms with Gasteiger partial charge in [0.15, 0.2) is 0 Å². The summed E-state index contributed by atoms with van der Waals surface area (Å²) in [7, 11) is 0. The lowest BCUT2D eigenvalue weighted by atomic mass is 10.2. The number of thiol groups is 1. The lowest BCUT2D eigenvalue weighted by molar-refractivity contribution is 0.0997. The van der Waals surface area contributed by atoms with Crippen LogP contribution in [0, 0.1) is 0 Å². The summed E-state index contributed by atoms with van der Waals surface area (Å²) >= 11 is 4.02. The molecule has 0 heterocycles. The number of nitrogen functional groups attached to an aromatic ring is 1. The quantitative estimate of drug-likeness (QED) is 0.426. The van der Waals surface area contributed by atoms with Crippen LogP contribution in [-0.2, 0) is 0 Å². The molecule has 1 aromatic carbocycles. The van der Waals surface area contributed by atoms with Crippen LogP contribution in [0.4, 0.5) is 5.69 Å². The lowest BCUT2D eigenvalue weighted by Gasteiger charge is -2.02. The van der Waals surface area contributed by atoms with Crippen LogP contribution < -0.4 is 11.5 Å². The van der Waals surface area contributed by atoms with Gasteiger partial charge in [-0.15, -0.1) is 12.6 Å². The third-order valence-corrected chi connectivity index (χ3v) is 1.83. The van der Waals surface area contributed by atoms with E-state index in [0.717, 1.165) is 0 Å². The Balaban J connectivity index is 3.27. The predicted molar refractivity (Wildman–Crippen MR) is 46.6 cm³/mol. The summed E-state index contributed by atoms with van der Waals surface area (Å²) in [5.41, 5.74) is 11.3. The van der Waals surface area contributed by atoms with Crippen molar-refractivity contribution >= 4 is 24.2 Å². The first-order chi connectivity index (χ1) is 5.13. The van der Waals surface area contributed by atoms with Gasteiger partial charge in [0.1, 0.15) is 0 Å². The van der Waals surface area contributed by atoms with Crippen LogP contribution in [0.2, 0.25) is 0 Å². The minimum atomic E-state index is -0.512. The van der Waals surface area contributed by atoms with Gasteiger partial charge in [0.05, 0.1) is 5.56 Å². The Morgan fingerprint density at radius 1 is 1.45 bits per heavy atom. The van der Waals surface area contributed by atoms with Gasteiger partial charge in [-0.25, -0.2) is 0 Å². The molecule has 0 aliphatic carbocycles. The van der Waals surface area contributed by atoms with Gasteiger partial charge in [0.2, 0.25) is 5.91 Å². The average molecular weight is 168 g/mol. The molecule has 11 heavy (non-hydrogen) atoms. The van der Waals surface area contributed by atoms with E-state index >= 15 is 0 Å². The molecule has 0 saturated heterocycles. The van der Waals surface area contributed by atoms with Gasteiger partial charge in [-0.05, 0) is 12.1 Å². The molecule has 0 unspecified atom stereocenters. The molecular weight excluding hydrogens is 160 g/mol. The molecule has 1 aromatic rings. The van der Waals surface area contributed by atoms with E-state index in [1.54, 1.807) is 18.2 Å². The predicted octanol–water partition coefficient (Wildman–Crippen LogP) is 0.656. The minimum Gasteiger partial charge on any atom is -0.398 e. The number of carbonyl (C=O) groups excluding carboxylic acids is 1. The highest BCUT2D eigenvalue weighted by Gasteiger charge is 2.05. The van der Waals surface area contributed by atoms with Crippen molar-refractivity contribution < 1.29 is 4.79 Å². The van der Waals surface area contributed by atoms with Gasteiger partial charge in [-0.3, -0.25) is 4.79 Å². The second kappa shape index (κ2) is 2.84. The second-order valence-corrected chi connectivity index (χ2v) is 2.55. The number of nitrogens with two attached hydrogens (primary N) is 2. The summed E-state index contributed by atoms with van der Waals surface area (Å²) in [5, 5.41) is 0. The first-order valence-corrected chi connectivity index (χ1v) is 3.45. The zero-order valence-corrected chi connectivity index (χ0v) is 6.64. The monoisotopic (exact) mass is 168 g/mol. The highest BCUT2D eigenvalue weighted by molar-refractivity contribution is 7.80. The molecule has 1 amide bonds. The Bertz CT molecular complexity index is 298. The standard InChI is InChI=1S/C7H8N2OS/c8-5-3-1-2-4(6(5)11)7(9)10/h1-3,11H,8H2,(H2,9,10). The van der Waals surface area contributed by atoms with Crippen LogP contribution in [0.1, 0.15) is 10.4 Å². The van der Waals surface area contributed by atoms with E-state index < -0.39 is 5.91 Å². The van der Waals surface area contributed by atoms with Crippen LogP contribution in [0.3, 0.4) is 0 Å². The molecular formula is C7H8N2OS. The molecule has 0 aliphatic heterocycles. The number of hydrogen-bond donors (Lipinski definition) is 3. The molecule has 1 rings (SSSR count). The number of carbonyl (C=O) groups is 1. The van der Waals surface area contributed by atoms with Crippen molar-refractivity contribution in [1.29, 1.82) is 0 Å². The average Bonchev–Trinajstić information content (AvgIpc) is 1.94. The van der Waals surface area contributed by atoms with Gasteiger partial charge >= 0.3 is 0 Å². The Morgan fingerprint density at radius 3 is 2.55 bits per heavy atom. The van der Waals surface area contributed by atoms with Crippen molar-refractivity contribution in [2.75, 3.05) is 5.73 Å². The largest absolute Gasteiger partial charge is 0.398 e. The molecule has 4 N–H and O–H groups in total. The number of anilines is 1. The van der Waals surface area contributed by atoms with E-state index in [1.165, 1.54) is 0 Å². The highest BCUT2D eigenvalue weighted by Crippen LogP contribution is 2.19. The van der Waals surface area contributed by atoms with Gasteiger partial charge in [-0.1, -0.05) is 6.07 Å². The van der Waals surface area contributed by atoms with Crippen LogP contribution in [0.5, 0.6) is 0 Å². The zero-order chi connectivity index (χ0) is 8.43. The molecule has 0 aliphatic rings. The molecule has 3 nitrogen and oxygen atoms in total. The van der Waals surface area contributed by atoms with Crippen molar-refractivity contribution in [3.05, 3.63) is 23.8 Å². The van der Waals surface area contributed by atoms with E-state index in [4.69, 9.17) is 11.5 Å². The van der Waals surface area contributed by atoms with Gasteiger partial charge < -0.3 is 11.5 Å². The molecule has 0 fully saturated rings. The molecule has 0 bridgehead atoms. The number of hydrogen-bond acceptors (Lipinski definition) is 3. The fourth-order valence-corrected chi connectivity index (χ4v) is 1.02. The maximum atomic E-state index is 10.7. The Kier molecular flexibility index (Phi) is 2.05. The van der Waals surface area contributed by atoms with E-state index in [0.29, 0.717) is 16.1 Å². The summed E-state index contributed by atoms with van der Waals surface area (Å²) in [4.78, 5) is 11.1. The first kappa shape index (κ1) is 7.94. The third kappa shape index (κ3) is 1.46. The Hall–Kier alpha value is -1.16. The summed E-state index contributed by atoms with van der Waals surface area (Å²) in [6.45, 7) is 0. The number of primary amides is 1. The normalized spacial score (nSPS) is 9.55. The topological polar surface area (TPSA) is 69.1 Å². The lowest BCUT2D eigenvalue weighted by Crippen LogP contribution is -2.12. The SMILES string of the molecule is NC(=O)c1cccc(N)c1S. The van der Waals surface area contributed by atoms with Gasteiger partial charge in [0.25, 0.3) is 0 Å². The van der Waals surface area contributed by atoms with Crippen molar-refractivity contribution in [2.45, 2.75) is 4.90 Å². The summed E-state index contributed by atoms with van der Waals surface area (Å²) in [6, 6.07) is 4.91. The van der Waals surface area contributed by atoms with Crippen molar-refractivity contribution in [3.8, 4) is 0 Å². The van der Waals surface area contributed by atoms with Crippen LogP contribution >= 0.6 is 12.6 Å². The maximum absolute atomic E-state index is 10.7. The van der Waals surface area contributed by atoms with Gasteiger partial charge in [0, 0.05) is 10.6 Å². The zero-order valence-electron chi connectivity index (χ0n) is 5.74. The Labute approximate surface area is 69.8 Å². The van der Waals surface area contributed by atoms with E-state index in [1.807, 2.05) is 0 Å². The molecule has 0 aromatic heterocycles. The number of amides is 1. The van der Waals surface area contributed by atoms with E-state index in [-0.39, 0.29) is 0 Å². The number of benzene rings is 1. The van der Waals surface area contributed by atoms with Crippen molar-refractivity contribution in [1.82, 2.24) is 0 Å². The summed E-state index contributed by atoms with van der Waals surface area (Å²) in [6.07, 6.45) is 0. The first-order valence-electron chi connectivity index (χ1n) is 3.00. The molecule has 58 valence electrons. The van der Waals surface area contributed by atoms with Crippen LogP contribution in [0.25, 0.3) is 0 Å². The van der Waals surface area contributed by atoms with Crippen LogP contribution in [0.15, 0.2) is 23.1 Å². The molecule has 0 radical (unpaired) electrons. The highest BCUT2D eigenvalue weighted by atomic mass is 32.1. The fraction of sp³-hybridized carbons (Fsp3) is 0. The summed E-state index contributed by atoms with van der Waals surface area (Å²) < 4.78 is 0. The summed E-state index contributed by atoms with van der Waals surface area (Å²) in [5.74, 6) is -0.512. The van der Waals surface area contributed by atoms with Crippen molar-refractivity contribution in [2.24, 2.45) is 5.73 Å². The van der Waals surface area contributed by atoms with E-state index in [2.05, 4.69) is 12.6 Å². The van der Waals surface area contributed by atoms with Crippen molar-refractivity contribution in [3.63, 3.8) is 0 Å². The molecule has 0 atom stereocenters. The Morgan fingerprint density at radius 2 is 2.09 bits per heavy atom. The van der Waals surface area contributed by atoms with E-state index in [9.17, 15) is 4.79 Å². The van der Waals surface area contributed by atoms with Gasteiger partial charge in [-0.2, -0.15) is 0 Å². The number of rotatable bonds is 1. The minimum absolute atomic E-state index is 0.355.